The molecule has 0 bridgehead atoms. The quantitative estimate of drug-likeness (QED) is 0.178. The zero-order valence-corrected chi connectivity index (χ0v) is 23.9. The van der Waals surface area contributed by atoms with Crippen molar-refractivity contribution in [2.24, 2.45) is 0 Å². The van der Waals surface area contributed by atoms with Crippen LogP contribution in [0.4, 0.5) is 0 Å². The van der Waals surface area contributed by atoms with E-state index in [0.717, 1.165) is 31.0 Å². The van der Waals surface area contributed by atoms with Crippen molar-refractivity contribution >= 4 is 22.9 Å². The number of carbonyl (C=O) groups excluding carboxylic acids is 2. The van der Waals surface area contributed by atoms with Gasteiger partial charge in [0.15, 0.2) is 17.3 Å². The number of hydrogen-bond acceptors (Lipinski definition) is 9. The topological polar surface area (TPSA) is 122 Å². The van der Waals surface area contributed by atoms with Crippen molar-refractivity contribution in [3.8, 4) is 40.1 Å². The first-order valence-corrected chi connectivity index (χ1v) is 13.6. The Balaban J connectivity index is 0.00000180. The predicted octanol–water partition coefficient (Wildman–Crippen LogP) is 6.71. The molecule has 0 fully saturated rings. The number of benzene rings is 4. The van der Waals surface area contributed by atoms with E-state index in [-0.39, 0.29) is 28.2 Å². The molecule has 0 aliphatic carbocycles. The minimum absolute atomic E-state index is 0.0854. The maximum Gasteiger partial charge on any atom is 0.308 e. The molecule has 0 saturated carbocycles. The Morgan fingerprint density at radius 1 is 0.744 bits per heavy atom. The van der Waals surface area contributed by atoms with Gasteiger partial charge >= 0.3 is 17.7 Å². The van der Waals surface area contributed by atoms with Gasteiger partial charge in [-0.15, -0.1) is 0 Å². The molecule has 43 heavy (non-hydrogen) atoms. The van der Waals surface area contributed by atoms with Crippen molar-refractivity contribution in [3.63, 3.8) is 0 Å². The van der Waals surface area contributed by atoms with Crippen molar-refractivity contribution in [2.75, 3.05) is 0 Å². The highest BCUT2D eigenvalue weighted by Crippen LogP contribution is 2.49. The van der Waals surface area contributed by atoms with E-state index in [9.17, 15) is 19.5 Å². The summed E-state index contributed by atoms with van der Waals surface area (Å²) in [5.74, 6) is -3.02. The number of phenols is 1. The highest BCUT2D eigenvalue weighted by molar-refractivity contribution is 5.91. The van der Waals surface area contributed by atoms with E-state index >= 15 is 0 Å². The van der Waals surface area contributed by atoms with Gasteiger partial charge in [0.05, 0.1) is 0 Å². The summed E-state index contributed by atoms with van der Waals surface area (Å²) in [5.41, 5.74) is 0.994. The van der Waals surface area contributed by atoms with Crippen LogP contribution in [0.1, 0.15) is 38.8 Å². The van der Waals surface area contributed by atoms with Crippen LogP contribution in [0.15, 0.2) is 100 Å². The summed E-state index contributed by atoms with van der Waals surface area (Å²) in [5, 5.41) is 10.0. The summed E-state index contributed by atoms with van der Waals surface area (Å²) in [7, 11) is 0. The lowest BCUT2D eigenvalue weighted by Gasteiger charge is -2.28. The smallest absolute Gasteiger partial charge is 0.308 e. The van der Waals surface area contributed by atoms with Crippen LogP contribution in [0, 0.1) is 0 Å². The summed E-state index contributed by atoms with van der Waals surface area (Å²) in [6.45, 7) is 6.29. The normalized spacial score (nSPS) is 12.7. The summed E-state index contributed by atoms with van der Waals surface area (Å²) in [4.78, 5) is 37.3. The Kier molecular flexibility index (Phi) is 7.90. The number of ether oxygens (including phenoxy) is 4. The molecule has 1 N–H and O–H groups in total. The van der Waals surface area contributed by atoms with Gasteiger partial charge in [-0.05, 0) is 18.2 Å². The lowest BCUT2D eigenvalue weighted by atomic mass is 9.97. The van der Waals surface area contributed by atoms with Gasteiger partial charge in [-0.2, -0.15) is 0 Å². The third kappa shape index (κ3) is 5.40. The predicted molar refractivity (Wildman–Crippen MR) is 158 cm³/mol. The molecule has 0 amide bonds. The highest BCUT2D eigenvalue weighted by atomic mass is 16.7. The van der Waals surface area contributed by atoms with Gasteiger partial charge in [0.25, 0.3) is 0 Å². The van der Waals surface area contributed by atoms with E-state index in [0.29, 0.717) is 17.1 Å². The molecule has 0 spiro atoms. The van der Waals surface area contributed by atoms with E-state index in [1.807, 2.05) is 74.5 Å². The zero-order chi connectivity index (χ0) is 30.7. The third-order valence-corrected chi connectivity index (χ3v) is 6.42. The van der Waals surface area contributed by atoms with Crippen molar-refractivity contribution in [2.45, 2.75) is 33.5 Å². The molecule has 4 aromatic carbocycles. The van der Waals surface area contributed by atoms with Gasteiger partial charge < -0.3 is 28.5 Å². The molecule has 6 rings (SSSR count). The Morgan fingerprint density at radius 2 is 1.33 bits per heavy atom. The van der Waals surface area contributed by atoms with Gasteiger partial charge in [-0.25, -0.2) is 0 Å². The molecule has 218 valence electrons. The fraction of sp³-hybridized carbons (Fsp3) is 0.147. The highest BCUT2D eigenvalue weighted by Gasteiger charge is 2.45. The molecule has 2 heterocycles. The van der Waals surface area contributed by atoms with Gasteiger partial charge in [0.2, 0.25) is 11.2 Å². The molecule has 1 aromatic heterocycles. The van der Waals surface area contributed by atoms with E-state index in [1.54, 1.807) is 18.2 Å². The van der Waals surface area contributed by atoms with Crippen molar-refractivity contribution in [1.82, 2.24) is 0 Å². The molecule has 1 aliphatic rings. The summed E-state index contributed by atoms with van der Waals surface area (Å²) in [6.07, 6.45) is 0. The lowest BCUT2D eigenvalue weighted by Crippen LogP contribution is -2.36. The molecule has 0 saturated heterocycles. The molecule has 9 nitrogen and oxygen atoms in total. The SMILES string of the molecule is CC.CC(=O)Oc1c(-c2ccc3c(c2)OC(c2ccccc2)(c2ccccc2)O3)oc2cc(O)cc(OC(C)=O)c2c1=O. The van der Waals surface area contributed by atoms with E-state index in [4.69, 9.17) is 23.4 Å². The average molecular weight is 581 g/mol. The average Bonchev–Trinajstić information content (AvgIpc) is 3.40. The minimum Gasteiger partial charge on any atom is -0.508 e. The Labute approximate surface area is 246 Å². The second kappa shape index (κ2) is 11.7. The summed E-state index contributed by atoms with van der Waals surface area (Å²) in [6, 6.07) is 26.1. The standard InChI is InChI=1S/C32H22O9.C2H6/c1-18(33)37-26-16-23(35)17-27-28(26)29(36)31(38-19(2)34)30(39-27)20-13-14-24-25(15-20)41-32(40-24,21-9-5-3-6-10-21)22-11-7-4-8-12-22;1-2/h3-17,35H,1-2H3;1-2H3. The second-order valence-electron chi connectivity index (χ2n) is 9.31. The van der Waals surface area contributed by atoms with Gasteiger partial charge in [0.1, 0.15) is 22.5 Å². The van der Waals surface area contributed by atoms with Gasteiger partial charge in [-0.3, -0.25) is 14.4 Å². The second-order valence-corrected chi connectivity index (χ2v) is 9.31. The molecule has 0 radical (unpaired) electrons. The molecule has 1 aliphatic heterocycles. The monoisotopic (exact) mass is 580 g/mol. The van der Waals surface area contributed by atoms with Crippen LogP contribution in [-0.2, 0) is 15.4 Å². The van der Waals surface area contributed by atoms with Gasteiger partial charge in [-0.1, -0.05) is 74.5 Å². The number of rotatable bonds is 5. The summed E-state index contributed by atoms with van der Waals surface area (Å²) >= 11 is 0. The lowest BCUT2D eigenvalue weighted by molar-refractivity contribution is -0.133. The molecular formula is C34H28O9. The molecule has 0 atom stereocenters. The fourth-order valence-electron chi connectivity index (χ4n) is 4.78. The van der Waals surface area contributed by atoms with Crippen LogP contribution in [0.3, 0.4) is 0 Å². The largest absolute Gasteiger partial charge is 0.508 e. The molecule has 5 aromatic rings. The van der Waals surface area contributed by atoms with Crippen LogP contribution in [0.2, 0.25) is 0 Å². The van der Waals surface area contributed by atoms with Crippen LogP contribution in [0.25, 0.3) is 22.3 Å². The van der Waals surface area contributed by atoms with Crippen LogP contribution in [0.5, 0.6) is 28.7 Å². The first-order valence-electron chi connectivity index (χ1n) is 13.6. The number of esters is 2. The maximum atomic E-state index is 13.6. The number of hydrogen-bond donors (Lipinski definition) is 1. The Morgan fingerprint density at radius 3 is 1.91 bits per heavy atom. The van der Waals surface area contributed by atoms with E-state index in [2.05, 4.69) is 0 Å². The van der Waals surface area contributed by atoms with Crippen LogP contribution in [-0.4, -0.2) is 17.0 Å². The number of phenolic OH excluding ortho intramolecular Hbond substituents is 1. The first-order chi connectivity index (χ1) is 20.7. The van der Waals surface area contributed by atoms with Crippen LogP contribution >= 0.6 is 0 Å². The van der Waals surface area contributed by atoms with E-state index in [1.165, 1.54) is 6.07 Å². The zero-order valence-electron chi connectivity index (χ0n) is 23.9. The fourth-order valence-corrected chi connectivity index (χ4v) is 4.78. The molecular weight excluding hydrogens is 552 g/mol. The third-order valence-electron chi connectivity index (χ3n) is 6.42. The van der Waals surface area contributed by atoms with Gasteiger partial charge in [0, 0.05) is 42.7 Å². The number of aromatic hydroxyl groups is 1. The molecule has 9 heteroatoms. The Hall–Kier alpha value is -5.57. The minimum atomic E-state index is -1.28. The van der Waals surface area contributed by atoms with E-state index < -0.39 is 28.9 Å². The van der Waals surface area contributed by atoms with Crippen molar-refractivity contribution in [1.29, 1.82) is 0 Å². The Bertz CT molecular complexity index is 1840. The summed E-state index contributed by atoms with van der Waals surface area (Å²) < 4.78 is 29.4. The van der Waals surface area contributed by atoms with Crippen molar-refractivity contribution < 1.29 is 38.1 Å². The number of carbonyl (C=O) groups is 2. The first kappa shape index (κ1) is 28.9. The van der Waals surface area contributed by atoms with Crippen LogP contribution < -0.4 is 24.4 Å². The maximum absolute atomic E-state index is 13.6. The van der Waals surface area contributed by atoms with Crippen molar-refractivity contribution in [3.05, 3.63) is 112 Å². The number of fused-ring (bicyclic) bond motifs is 2. The molecule has 0 unspecified atom stereocenters.